The van der Waals surface area contributed by atoms with Crippen LogP contribution in [0, 0.1) is 5.92 Å². The summed E-state index contributed by atoms with van der Waals surface area (Å²) in [7, 11) is 0. The number of amides is 2. The van der Waals surface area contributed by atoms with Crippen molar-refractivity contribution < 1.29 is 14.3 Å². The predicted molar refractivity (Wildman–Crippen MR) is 99.2 cm³/mol. The molecule has 0 unspecified atom stereocenters. The molecule has 5 heteroatoms. The minimum absolute atomic E-state index is 0.220. The highest BCUT2D eigenvalue weighted by Gasteiger charge is 2.16. The van der Waals surface area contributed by atoms with E-state index in [0.717, 1.165) is 0 Å². The molecule has 0 radical (unpaired) electrons. The van der Waals surface area contributed by atoms with E-state index in [2.05, 4.69) is 10.6 Å². The van der Waals surface area contributed by atoms with Crippen molar-refractivity contribution >= 4 is 17.5 Å². The van der Waals surface area contributed by atoms with E-state index in [-0.39, 0.29) is 11.8 Å². The number of hydrogen-bond acceptors (Lipinski definition) is 3. The highest BCUT2D eigenvalue weighted by Crippen LogP contribution is 2.22. The normalized spacial score (nSPS) is 10.4. The Morgan fingerprint density at radius 1 is 0.960 bits per heavy atom. The maximum atomic E-state index is 12.7. The van der Waals surface area contributed by atoms with E-state index in [4.69, 9.17) is 4.74 Å². The zero-order valence-electron chi connectivity index (χ0n) is 14.8. The van der Waals surface area contributed by atoms with Crippen molar-refractivity contribution in [3.05, 3.63) is 59.7 Å². The van der Waals surface area contributed by atoms with E-state index in [1.165, 1.54) is 0 Å². The number of ether oxygens (including phenoxy) is 1. The van der Waals surface area contributed by atoms with Crippen molar-refractivity contribution in [2.24, 2.45) is 5.92 Å². The molecular weight excluding hydrogens is 316 g/mol. The Morgan fingerprint density at radius 2 is 1.60 bits per heavy atom. The first-order chi connectivity index (χ1) is 12.0. The lowest BCUT2D eigenvalue weighted by molar-refractivity contribution is 0.0956. The molecule has 0 saturated carbocycles. The Kier molecular flexibility index (Phi) is 6.57. The molecule has 2 rings (SSSR count). The zero-order valence-corrected chi connectivity index (χ0v) is 14.8. The fourth-order valence-electron chi connectivity index (χ4n) is 2.27. The van der Waals surface area contributed by atoms with Gasteiger partial charge in [0.25, 0.3) is 11.8 Å². The van der Waals surface area contributed by atoms with Crippen LogP contribution < -0.4 is 15.4 Å². The van der Waals surface area contributed by atoms with Crippen LogP contribution in [0.15, 0.2) is 48.5 Å². The SMILES string of the molecule is CCNC(=O)c1ccccc1NC(=O)c1ccccc1OCC(C)C. The summed E-state index contributed by atoms with van der Waals surface area (Å²) in [4.78, 5) is 24.8. The van der Waals surface area contributed by atoms with Gasteiger partial charge in [-0.15, -0.1) is 0 Å². The molecule has 0 atom stereocenters. The van der Waals surface area contributed by atoms with Crippen LogP contribution in [0.25, 0.3) is 0 Å². The maximum Gasteiger partial charge on any atom is 0.259 e. The van der Waals surface area contributed by atoms with Crippen LogP contribution in [0.2, 0.25) is 0 Å². The third-order valence-electron chi connectivity index (χ3n) is 3.46. The Hall–Kier alpha value is -2.82. The second kappa shape index (κ2) is 8.87. The van der Waals surface area contributed by atoms with E-state index < -0.39 is 0 Å². The summed E-state index contributed by atoms with van der Waals surface area (Å²) < 4.78 is 5.73. The van der Waals surface area contributed by atoms with Crippen LogP contribution in [0.5, 0.6) is 5.75 Å². The fraction of sp³-hybridized carbons (Fsp3) is 0.300. The number of para-hydroxylation sites is 2. The number of anilines is 1. The Morgan fingerprint density at radius 3 is 2.28 bits per heavy atom. The van der Waals surface area contributed by atoms with E-state index in [9.17, 15) is 9.59 Å². The Bertz CT molecular complexity index is 741. The van der Waals surface area contributed by atoms with Crippen molar-refractivity contribution in [2.45, 2.75) is 20.8 Å². The molecule has 132 valence electrons. The lowest BCUT2D eigenvalue weighted by Gasteiger charge is -2.14. The van der Waals surface area contributed by atoms with Gasteiger partial charge in [-0.3, -0.25) is 9.59 Å². The van der Waals surface area contributed by atoms with Gasteiger partial charge in [-0.25, -0.2) is 0 Å². The standard InChI is InChI=1S/C20H24N2O3/c1-4-21-19(23)15-9-5-7-11-17(15)22-20(24)16-10-6-8-12-18(16)25-13-14(2)3/h5-12,14H,4,13H2,1-3H3,(H,21,23)(H,22,24). The highest BCUT2D eigenvalue weighted by molar-refractivity contribution is 6.10. The lowest BCUT2D eigenvalue weighted by Crippen LogP contribution is -2.25. The molecular formula is C20H24N2O3. The van der Waals surface area contributed by atoms with Crippen molar-refractivity contribution in [1.82, 2.24) is 5.32 Å². The zero-order chi connectivity index (χ0) is 18.2. The molecule has 0 heterocycles. The molecule has 0 spiro atoms. The topological polar surface area (TPSA) is 67.4 Å². The van der Waals surface area contributed by atoms with Crippen LogP contribution >= 0.6 is 0 Å². The van der Waals surface area contributed by atoms with Gasteiger partial charge < -0.3 is 15.4 Å². The molecule has 5 nitrogen and oxygen atoms in total. The molecule has 0 aliphatic rings. The van der Waals surface area contributed by atoms with Crippen LogP contribution in [0.3, 0.4) is 0 Å². The van der Waals surface area contributed by atoms with Crippen molar-refractivity contribution in [3.63, 3.8) is 0 Å². The second-order valence-corrected chi connectivity index (χ2v) is 6.06. The summed E-state index contributed by atoms with van der Waals surface area (Å²) in [6, 6.07) is 14.0. The molecule has 0 bridgehead atoms. The molecule has 2 aromatic carbocycles. The second-order valence-electron chi connectivity index (χ2n) is 6.06. The van der Waals surface area contributed by atoms with Crippen LogP contribution in [0.1, 0.15) is 41.5 Å². The van der Waals surface area contributed by atoms with Gasteiger partial charge in [0.05, 0.1) is 23.4 Å². The van der Waals surface area contributed by atoms with Gasteiger partial charge >= 0.3 is 0 Å². The summed E-state index contributed by atoms with van der Waals surface area (Å²) in [5.74, 6) is 0.359. The van der Waals surface area contributed by atoms with Crippen molar-refractivity contribution in [3.8, 4) is 5.75 Å². The monoisotopic (exact) mass is 340 g/mol. The third kappa shape index (κ3) is 5.08. The van der Waals surface area contributed by atoms with Gasteiger partial charge in [-0.05, 0) is 37.1 Å². The summed E-state index contributed by atoms with van der Waals surface area (Å²) in [6.45, 7) is 6.99. The first-order valence-electron chi connectivity index (χ1n) is 8.43. The Labute approximate surface area is 148 Å². The first kappa shape index (κ1) is 18.5. The fourth-order valence-corrected chi connectivity index (χ4v) is 2.27. The number of carbonyl (C=O) groups excluding carboxylic acids is 2. The smallest absolute Gasteiger partial charge is 0.259 e. The molecule has 2 aromatic rings. The Balaban J connectivity index is 2.22. The molecule has 0 fully saturated rings. The van der Waals surface area contributed by atoms with Gasteiger partial charge in [-0.2, -0.15) is 0 Å². The van der Waals surface area contributed by atoms with E-state index in [1.54, 1.807) is 42.5 Å². The number of benzene rings is 2. The first-order valence-corrected chi connectivity index (χ1v) is 8.43. The summed E-state index contributed by atoms with van der Waals surface area (Å²) >= 11 is 0. The number of rotatable bonds is 7. The van der Waals surface area contributed by atoms with Gasteiger partial charge in [0.1, 0.15) is 5.75 Å². The quantitative estimate of drug-likeness (QED) is 0.807. The minimum atomic E-state index is -0.309. The van der Waals surface area contributed by atoms with Crippen molar-refractivity contribution in [2.75, 3.05) is 18.5 Å². The van der Waals surface area contributed by atoms with Crippen LogP contribution in [-0.4, -0.2) is 25.0 Å². The summed E-state index contributed by atoms with van der Waals surface area (Å²) in [5, 5.41) is 5.56. The molecule has 0 aromatic heterocycles. The summed E-state index contributed by atoms with van der Waals surface area (Å²) in [6.07, 6.45) is 0. The van der Waals surface area contributed by atoms with Crippen LogP contribution in [0.4, 0.5) is 5.69 Å². The largest absolute Gasteiger partial charge is 0.492 e. The number of carbonyl (C=O) groups is 2. The van der Waals surface area contributed by atoms with Gasteiger partial charge in [-0.1, -0.05) is 38.1 Å². The van der Waals surface area contributed by atoms with Crippen LogP contribution in [-0.2, 0) is 0 Å². The molecule has 0 saturated heterocycles. The number of hydrogen-bond donors (Lipinski definition) is 2. The molecule has 25 heavy (non-hydrogen) atoms. The molecule has 2 N–H and O–H groups in total. The minimum Gasteiger partial charge on any atom is -0.492 e. The maximum absolute atomic E-state index is 12.7. The van der Waals surface area contributed by atoms with E-state index in [1.807, 2.05) is 26.8 Å². The van der Waals surface area contributed by atoms with Gasteiger partial charge in [0.15, 0.2) is 0 Å². The van der Waals surface area contributed by atoms with Gasteiger partial charge in [0.2, 0.25) is 0 Å². The molecule has 0 aliphatic heterocycles. The van der Waals surface area contributed by atoms with E-state index >= 15 is 0 Å². The van der Waals surface area contributed by atoms with Crippen molar-refractivity contribution in [1.29, 1.82) is 0 Å². The molecule has 2 amide bonds. The molecule has 0 aliphatic carbocycles. The average Bonchev–Trinajstić information content (AvgIpc) is 2.60. The lowest BCUT2D eigenvalue weighted by atomic mass is 10.1. The average molecular weight is 340 g/mol. The highest BCUT2D eigenvalue weighted by atomic mass is 16.5. The van der Waals surface area contributed by atoms with E-state index in [0.29, 0.717) is 41.6 Å². The number of nitrogens with one attached hydrogen (secondary N) is 2. The summed E-state index contributed by atoms with van der Waals surface area (Å²) in [5.41, 5.74) is 1.34. The predicted octanol–water partition coefficient (Wildman–Crippen LogP) is 3.72. The van der Waals surface area contributed by atoms with Gasteiger partial charge in [0, 0.05) is 6.54 Å². The third-order valence-corrected chi connectivity index (χ3v) is 3.46.